The van der Waals surface area contributed by atoms with Gasteiger partial charge in [0.15, 0.2) is 0 Å². The minimum Gasteiger partial charge on any atom is -0.312 e. The van der Waals surface area contributed by atoms with Gasteiger partial charge >= 0.3 is 0 Å². The predicted octanol–water partition coefficient (Wildman–Crippen LogP) is 0.0199. The molecule has 1 aliphatic heterocycles. The molecule has 1 saturated heterocycles. The minimum atomic E-state index is -2.98. The van der Waals surface area contributed by atoms with E-state index in [0.29, 0.717) is 19.6 Å². The molecule has 0 aromatic carbocycles. The van der Waals surface area contributed by atoms with E-state index in [4.69, 9.17) is 0 Å². The molecule has 1 fully saturated rings. The summed E-state index contributed by atoms with van der Waals surface area (Å²) >= 11 is 0. The molecule has 1 N–H and O–H groups in total. The van der Waals surface area contributed by atoms with Gasteiger partial charge in [0.05, 0.1) is 5.75 Å². The summed E-state index contributed by atoms with van der Waals surface area (Å²) in [7, 11) is -2.98. The molecule has 4 nitrogen and oxygen atoms in total. The largest absolute Gasteiger partial charge is 0.312 e. The molecule has 0 spiro atoms. The molecule has 0 aromatic heterocycles. The second-order valence-electron chi connectivity index (χ2n) is 3.53. The molecule has 1 rings (SSSR count). The van der Waals surface area contributed by atoms with Crippen molar-refractivity contribution in [2.45, 2.75) is 26.3 Å². The monoisotopic (exact) mass is 206 g/mol. The summed E-state index contributed by atoms with van der Waals surface area (Å²) in [5.41, 5.74) is 0. The molecule has 78 valence electrons. The van der Waals surface area contributed by atoms with Gasteiger partial charge in [-0.25, -0.2) is 12.7 Å². The summed E-state index contributed by atoms with van der Waals surface area (Å²) in [6, 6.07) is 0.267. The molecule has 0 radical (unpaired) electrons. The number of nitrogens with one attached hydrogen (secondary N) is 1. The summed E-state index contributed by atoms with van der Waals surface area (Å²) in [4.78, 5) is 0. The third-order valence-corrected chi connectivity index (χ3v) is 4.04. The Morgan fingerprint density at radius 2 is 2.23 bits per heavy atom. The lowest BCUT2D eigenvalue weighted by molar-refractivity contribution is 0.382. The third kappa shape index (κ3) is 2.93. The van der Waals surface area contributed by atoms with Crippen LogP contribution >= 0.6 is 0 Å². The van der Waals surface area contributed by atoms with Crippen LogP contribution in [0.3, 0.4) is 0 Å². The Morgan fingerprint density at radius 3 is 2.85 bits per heavy atom. The van der Waals surface area contributed by atoms with Gasteiger partial charge in [-0.3, -0.25) is 0 Å². The number of hydrogen-bond donors (Lipinski definition) is 1. The van der Waals surface area contributed by atoms with Gasteiger partial charge in [-0.15, -0.1) is 0 Å². The zero-order valence-corrected chi connectivity index (χ0v) is 9.10. The van der Waals surface area contributed by atoms with Gasteiger partial charge in [0.2, 0.25) is 10.0 Å². The normalized spacial score (nSPS) is 29.8. The van der Waals surface area contributed by atoms with E-state index in [9.17, 15) is 8.42 Å². The molecular formula is C8H18N2O2S. The van der Waals surface area contributed by atoms with Gasteiger partial charge in [0.1, 0.15) is 0 Å². The molecular weight excluding hydrogens is 188 g/mol. The minimum absolute atomic E-state index is 0.233. The highest BCUT2D eigenvalue weighted by Gasteiger charge is 2.25. The Labute approximate surface area is 80.4 Å². The fourth-order valence-electron chi connectivity index (χ4n) is 1.53. The van der Waals surface area contributed by atoms with Crippen LogP contribution in [0.5, 0.6) is 0 Å². The number of sulfonamides is 1. The molecule has 0 aliphatic carbocycles. The maximum atomic E-state index is 11.6. The summed E-state index contributed by atoms with van der Waals surface area (Å²) in [6.07, 6.45) is 0.881. The highest BCUT2D eigenvalue weighted by molar-refractivity contribution is 7.89. The van der Waals surface area contributed by atoms with Crippen LogP contribution in [0.4, 0.5) is 0 Å². The van der Waals surface area contributed by atoms with E-state index >= 15 is 0 Å². The number of nitrogens with zero attached hydrogens (tertiary/aromatic N) is 1. The van der Waals surface area contributed by atoms with Crippen molar-refractivity contribution in [2.75, 3.05) is 25.4 Å². The lowest BCUT2D eigenvalue weighted by Crippen LogP contribution is -2.37. The number of rotatable bonds is 2. The summed E-state index contributed by atoms with van der Waals surface area (Å²) in [5, 5.41) is 3.17. The standard InChI is InChI=1S/C8H18N2O2S/c1-3-5-10-7-8(2)9-4-6-13(10,11)12/h8-9H,3-7H2,1-2H3. The summed E-state index contributed by atoms with van der Waals surface area (Å²) < 4.78 is 24.8. The zero-order chi connectivity index (χ0) is 9.90. The topological polar surface area (TPSA) is 49.4 Å². The van der Waals surface area contributed by atoms with Gasteiger partial charge in [0, 0.05) is 25.7 Å². The zero-order valence-electron chi connectivity index (χ0n) is 8.28. The molecule has 1 heterocycles. The number of hydrogen-bond acceptors (Lipinski definition) is 3. The van der Waals surface area contributed by atoms with Gasteiger partial charge in [-0.1, -0.05) is 6.92 Å². The summed E-state index contributed by atoms with van der Waals surface area (Å²) in [6.45, 7) is 5.84. The van der Waals surface area contributed by atoms with E-state index in [1.165, 1.54) is 0 Å². The van der Waals surface area contributed by atoms with Crippen LogP contribution in [0.25, 0.3) is 0 Å². The van der Waals surface area contributed by atoms with E-state index in [-0.39, 0.29) is 11.8 Å². The van der Waals surface area contributed by atoms with Crippen LogP contribution in [0, 0.1) is 0 Å². The van der Waals surface area contributed by atoms with Crippen molar-refractivity contribution >= 4 is 10.0 Å². The van der Waals surface area contributed by atoms with Crippen LogP contribution in [0.1, 0.15) is 20.3 Å². The van der Waals surface area contributed by atoms with E-state index in [1.54, 1.807) is 4.31 Å². The molecule has 13 heavy (non-hydrogen) atoms. The van der Waals surface area contributed by atoms with E-state index in [2.05, 4.69) is 5.32 Å². The van der Waals surface area contributed by atoms with Crippen molar-refractivity contribution in [2.24, 2.45) is 0 Å². The molecule has 1 unspecified atom stereocenters. The first kappa shape index (κ1) is 10.9. The van der Waals surface area contributed by atoms with Crippen molar-refractivity contribution in [1.29, 1.82) is 0 Å². The molecule has 1 atom stereocenters. The predicted molar refractivity (Wildman–Crippen MR) is 53.1 cm³/mol. The van der Waals surface area contributed by atoms with Gasteiger partial charge in [0.25, 0.3) is 0 Å². The fraction of sp³-hybridized carbons (Fsp3) is 1.00. The van der Waals surface area contributed by atoms with Crippen molar-refractivity contribution in [3.63, 3.8) is 0 Å². The lowest BCUT2D eigenvalue weighted by Gasteiger charge is -2.20. The average Bonchev–Trinajstić information content (AvgIpc) is 2.13. The Kier molecular flexibility index (Phi) is 3.70. The van der Waals surface area contributed by atoms with Crippen molar-refractivity contribution in [3.05, 3.63) is 0 Å². The van der Waals surface area contributed by atoms with E-state index in [1.807, 2.05) is 13.8 Å². The molecule has 0 bridgehead atoms. The molecule has 0 saturated carbocycles. The Hall–Kier alpha value is -0.130. The Balaban J connectivity index is 2.73. The van der Waals surface area contributed by atoms with E-state index < -0.39 is 10.0 Å². The maximum absolute atomic E-state index is 11.6. The Bertz CT molecular complexity index is 251. The van der Waals surface area contributed by atoms with Gasteiger partial charge in [-0.2, -0.15) is 0 Å². The third-order valence-electron chi connectivity index (χ3n) is 2.20. The lowest BCUT2D eigenvalue weighted by atomic mass is 10.3. The van der Waals surface area contributed by atoms with E-state index in [0.717, 1.165) is 6.42 Å². The van der Waals surface area contributed by atoms with Crippen LogP contribution < -0.4 is 5.32 Å². The first-order valence-corrected chi connectivity index (χ1v) is 6.38. The SMILES string of the molecule is CCCN1CC(C)NCCS1(=O)=O. The Morgan fingerprint density at radius 1 is 1.54 bits per heavy atom. The van der Waals surface area contributed by atoms with Crippen molar-refractivity contribution in [3.8, 4) is 0 Å². The molecule has 1 aliphatic rings. The van der Waals surface area contributed by atoms with Gasteiger partial charge < -0.3 is 5.32 Å². The molecule has 0 amide bonds. The summed E-state index contributed by atoms with van der Waals surface area (Å²) in [5.74, 6) is 0.233. The second-order valence-corrected chi connectivity index (χ2v) is 5.62. The van der Waals surface area contributed by atoms with Crippen LogP contribution in [-0.2, 0) is 10.0 Å². The fourth-order valence-corrected chi connectivity index (χ4v) is 3.07. The second kappa shape index (κ2) is 4.39. The van der Waals surface area contributed by atoms with Crippen molar-refractivity contribution < 1.29 is 8.42 Å². The first-order valence-electron chi connectivity index (χ1n) is 4.77. The van der Waals surface area contributed by atoms with Crippen molar-refractivity contribution in [1.82, 2.24) is 9.62 Å². The smallest absolute Gasteiger partial charge is 0.215 e. The van der Waals surface area contributed by atoms with Crippen LogP contribution in [-0.4, -0.2) is 44.2 Å². The molecule has 0 aromatic rings. The highest BCUT2D eigenvalue weighted by Crippen LogP contribution is 2.07. The maximum Gasteiger partial charge on any atom is 0.215 e. The molecule has 5 heteroatoms. The van der Waals surface area contributed by atoms with Crippen LogP contribution in [0.15, 0.2) is 0 Å². The van der Waals surface area contributed by atoms with Crippen LogP contribution in [0.2, 0.25) is 0 Å². The van der Waals surface area contributed by atoms with Gasteiger partial charge in [-0.05, 0) is 13.3 Å². The highest BCUT2D eigenvalue weighted by atomic mass is 32.2. The quantitative estimate of drug-likeness (QED) is 0.693. The first-order chi connectivity index (χ1) is 6.06. The average molecular weight is 206 g/mol.